The second-order valence-electron chi connectivity index (χ2n) is 4.26. The van der Waals surface area contributed by atoms with Crippen molar-refractivity contribution in [3.05, 3.63) is 47.4 Å². The van der Waals surface area contributed by atoms with Crippen LogP contribution in [0, 0.1) is 12.3 Å². The summed E-state index contributed by atoms with van der Waals surface area (Å²) in [6, 6.07) is 6.90. The maximum Gasteiger partial charge on any atom is 0.433 e. The number of hydrogen-bond acceptors (Lipinski definition) is 4. The molecule has 2 rings (SSSR count). The van der Waals surface area contributed by atoms with Crippen LogP contribution < -0.4 is 0 Å². The van der Waals surface area contributed by atoms with Crippen LogP contribution in [0.4, 0.5) is 13.2 Å². The van der Waals surface area contributed by atoms with Crippen LogP contribution in [0.15, 0.2) is 30.3 Å². The zero-order valence-electron chi connectivity index (χ0n) is 11.0. The normalized spacial score (nSPS) is 11.4. The molecule has 2 aromatic rings. The fraction of sp³-hybridized carbons (Fsp3) is 0.143. The zero-order chi connectivity index (χ0) is 16.3. The highest BCUT2D eigenvalue weighted by Crippen LogP contribution is 2.30. The van der Waals surface area contributed by atoms with Gasteiger partial charge in [0.15, 0.2) is 0 Å². The molecular formula is C14H9F3N2O2S. The predicted octanol–water partition coefficient (Wildman–Crippen LogP) is 2.26. The SMILES string of the molecule is C#Cc1ccc(-c2cc(C(F)(F)F)nc(C[SH](=O)=O)n2)cc1. The molecule has 0 aliphatic rings. The quantitative estimate of drug-likeness (QED) is 0.694. The standard InChI is InChI=1S/C14H9F3N2O2S/c1-2-9-3-5-10(6-4-9)11-7-12(14(15,16)17)19-13(18-11)8-22(20)21/h1,3-7,22H,8H2. The van der Waals surface area contributed by atoms with Crippen LogP contribution in [0.1, 0.15) is 17.1 Å². The summed E-state index contributed by atoms with van der Waals surface area (Å²) in [5.74, 6) is 1.33. The number of benzene rings is 1. The van der Waals surface area contributed by atoms with Crippen LogP contribution in [0.25, 0.3) is 11.3 Å². The molecule has 114 valence electrons. The van der Waals surface area contributed by atoms with E-state index < -0.39 is 34.2 Å². The van der Waals surface area contributed by atoms with Gasteiger partial charge >= 0.3 is 6.18 Å². The molecule has 0 bridgehead atoms. The average Bonchev–Trinajstić information content (AvgIpc) is 2.45. The van der Waals surface area contributed by atoms with E-state index in [0.717, 1.165) is 6.07 Å². The predicted molar refractivity (Wildman–Crippen MR) is 74.4 cm³/mol. The molecule has 1 aromatic heterocycles. The Morgan fingerprint density at radius 1 is 1.14 bits per heavy atom. The Morgan fingerprint density at radius 2 is 1.77 bits per heavy atom. The number of terminal acetylenes is 1. The molecule has 8 heteroatoms. The number of rotatable bonds is 3. The third-order valence-electron chi connectivity index (χ3n) is 2.68. The molecule has 4 nitrogen and oxygen atoms in total. The van der Waals surface area contributed by atoms with E-state index >= 15 is 0 Å². The largest absolute Gasteiger partial charge is 0.433 e. The first-order chi connectivity index (χ1) is 10.3. The van der Waals surface area contributed by atoms with E-state index in [9.17, 15) is 21.6 Å². The second kappa shape index (κ2) is 6.15. The van der Waals surface area contributed by atoms with Crippen molar-refractivity contribution in [2.45, 2.75) is 11.9 Å². The third kappa shape index (κ3) is 3.83. The highest BCUT2D eigenvalue weighted by atomic mass is 32.2. The van der Waals surface area contributed by atoms with Gasteiger partial charge in [0.1, 0.15) is 28.0 Å². The summed E-state index contributed by atoms with van der Waals surface area (Å²) in [6.07, 6.45) is 0.512. The Kier molecular flexibility index (Phi) is 4.47. The molecule has 0 aliphatic carbocycles. The third-order valence-corrected chi connectivity index (χ3v) is 3.22. The molecule has 0 saturated carbocycles. The van der Waals surface area contributed by atoms with Crippen LogP contribution in [-0.4, -0.2) is 18.4 Å². The Bertz CT molecular complexity index is 798. The lowest BCUT2D eigenvalue weighted by molar-refractivity contribution is -0.141. The minimum atomic E-state index is -4.69. The van der Waals surface area contributed by atoms with Crippen LogP contribution in [0.2, 0.25) is 0 Å². The van der Waals surface area contributed by atoms with Crippen molar-refractivity contribution in [3.8, 4) is 23.6 Å². The lowest BCUT2D eigenvalue weighted by Gasteiger charge is -2.09. The lowest BCUT2D eigenvalue weighted by atomic mass is 10.1. The van der Waals surface area contributed by atoms with Gasteiger partial charge in [-0.2, -0.15) is 13.2 Å². The zero-order valence-corrected chi connectivity index (χ0v) is 11.9. The van der Waals surface area contributed by atoms with Crippen LogP contribution in [0.5, 0.6) is 0 Å². The van der Waals surface area contributed by atoms with E-state index in [4.69, 9.17) is 6.42 Å². The number of alkyl halides is 3. The summed E-state index contributed by atoms with van der Waals surface area (Å²) in [5, 5.41) is 0. The van der Waals surface area contributed by atoms with Gasteiger partial charge < -0.3 is 0 Å². The Balaban J connectivity index is 2.55. The fourth-order valence-corrected chi connectivity index (χ4v) is 2.09. The van der Waals surface area contributed by atoms with Gasteiger partial charge in [-0.05, 0) is 18.2 Å². The maximum absolute atomic E-state index is 12.9. The highest BCUT2D eigenvalue weighted by Gasteiger charge is 2.33. The van der Waals surface area contributed by atoms with Gasteiger partial charge in [0.05, 0.1) is 5.69 Å². The van der Waals surface area contributed by atoms with Gasteiger partial charge in [0.25, 0.3) is 0 Å². The molecule has 1 heterocycles. The van der Waals surface area contributed by atoms with E-state index in [-0.39, 0.29) is 5.69 Å². The fourth-order valence-electron chi connectivity index (χ4n) is 1.71. The molecular weight excluding hydrogens is 317 g/mol. The van der Waals surface area contributed by atoms with Crippen molar-refractivity contribution in [2.75, 3.05) is 0 Å². The summed E-state index contributed by atoms with van der Waals surface area (Å²) in [7, 11) is -2.93. The number of aromatic nitrogens is 2. The number of nitrogens with zero attached hydrogens (tertiary/aromatic N) is 2. The van der Waals surface area contributed by atoms with Crippen LogP contribution in [0.3, 0.4) is 0 Å². The van der Waals surface area contributed by atoms with Gasteiger partial charge in [0, 0.05) is 11.1 Å². The molecule has 0 spiro atoms. The van der Waals surface area contributed by atoms with Gasteiger partial charge in [-0.1, -0.05) is 18.1 Å². The highest BCUT2D eigenvalue weighted by molar-refractivity contribution is 7.71. The van der Waals surface area contributed by atoms with Crippen molar-refractivity contribution in [1.29, 1.82) is 0 Å². The van der Waals surface area contributed by atoms with Crippen molar-refractivity contribution in [3.63, 3.8) is 0 Å². The minimum Gasteiger partial charge on any atom is -0.232 e. The molecule has 0 unspecified atom stereocenters. The van der Waals surface area contributed by atoms with Gasteiger partial charge in [-0.25, -0.2) is 18.4 Å². The smallest absolute Gasteiger partial charge is 0.232 e. The minimum absolute atomic E-state index is 0.0160. The van der Waals surface area contributed by atoms with Crippen molar-refractivity contribution in [2.24, 2.45) is 0 Å². The molecule has 0 N–H and O–H groups in total. The Labute approximate surface area is 126 Å². The second-order valence-corrected chi connectivity index (χ2v) is 5.25. The van der Waals surface area contributed by atoms with Gasteiger partial charge in [-0.15, -0.1) is 6.42 Å². The number of thiol groups is 1. The van der Waals surface area contributed by atoms with E-state index in [2.05, 4.69) is 15.9 Å². The van der Waals surface area contributed by atoms with Gasteiger partial charge in [0.2, 0.25) is 0 Å². The maximum atomic E-state index is 12.9. The lowest BCUT2D eigenvalue weighted by Crippen LogP contribution is -2.12. The van der Waals surface area contributed by atoms with E-state index in [1.165, 1.54) is 12.1 Å². The summed E-state index contributed by atoms with van der Waals surface area (Å²) >= 11 is 0. The van der Waals surface area contributed by atoms with Crippen molar-refractivity contribution < 1.29 is 21.6 Å². The number of halogens is 3. The van der Waals surface area contributed by atoms with Crippen molar-refractivity contribution in [1.82, 2.24) is 9.97 Å². The van der Waals surface area contributed by atoms with Crippen LogP contribution >= 0.6 is 0 Å². The van der Waals surface area contributed by atoms with Gasteiger partial charge in [-0.3, -0.25) is 0 Å². The summed E-state index contributed by atoms with van der Waals surface area (Å²) < 4.78 is 60.0. The topological polar surface area (TPSA) is 59.9 Å². The summed E-state index contributed by atoms with van der Waals surface area (Å²) in [5.41, 5.74) is -0.255. The molecule has 0 aliphatic heterocycles. The summed E-state index contributed by atoms with van der Waals surface area (Å²) in [4.78, 5) is 7.12. The molecule has 0 atom stereocenters. The monoisotopic (exact) mass is 326 g/mol. The molecule has 22 heavy (non-hydrogen) atoms. The Morgan fingerprint density at radius 3 is 2.27 bits per heavy atom. The van der Waals surface area contributed by atoms with E-state index in [0.29, 0.717) is 11.1 Å². The first-order valence-electron chi connectivity index (χ1n) is 5.93. The molecule has 0 radical (unpaired) electrons. The molecule has 1 aromatic carbocycles. The summed E-state index contributed by atoms with van der Waals surface area (Å²) in [6.45, 7) is 0. The molecule has 0 saturated heterocycles. The van der Waals surface area contributed by atoms with Crippen molar-refractivity contribution >= 4 is 10.7 Å². The average molecular weight is 326 g/mol. The van der Waals surface area contributed by atoms with E-state index in [1.54, 1.807) is 12.1 Å². The first-order valence-corrected chi connectivity index (χ1v) is 7.30. The molecule has 0 amide bonds. The Hall–Kier alpha value is -2.40. The first kappa shape index (κ1) is 16.0. The van der Waals surface area contributed by atoms with E-state index in [1.807, 2.05) is 0 Å². The molecule has 0 fully saturated rings. The number of hydrogen-bond donors (Lipinski definition) is 1. The van der Waals surface area contributed by atoms with Crippen LogP contribution in [-0.2, 0) is 22.6 Å².